The number of thiocarbonyl (C=S) groups is 1. The van der Waals surface area contributed by atoms with Crippen molar-refractivity contribution in [1.29, 1.82) is 0 Å². The van der Waals surface area contributed by atoms with Gasteiger partial charge < -0.3 is 24.8 Å². The van der Waals surface area contributed by atoms with Crippen LogP contribution in [0.3, 0.4) is 0 Å². The molecule has 1 aromatic carbocycles. The van der Waals surface area contributed by atoms with Crippen molar-refractivity contribution in [2.75, 3.05) is 26.9 Å². The first-order valence-electron chi connectivity index (χ1n) is 7.74. The number of carbonyl (C=O) groups excluding carboxylic acids is 1. The minimum absolute atomic E-state index is 0.191. The zero-order valence-electron chi connectivity index (χ0n) is 14.0. The van der Waals surface area contributed by atoms with Crippen molar-refractivity contribution in [3.8, 4) is 5.75 Å². The number of esters is 1. The number of rotatable bonds is 7. The van der Waals surface area contributed by atoms with Gasteiger partial charge in [0, 0.05) is 18.4 Å². The van der Waals surface area contributed by atoms with Crippen molar-refractivity contribution in [1.82, 2.24) is 10.6 Å². The van der Waals surface area contributed by atoms with Crippen molar-refractivity contribution in [3.63, 3.8) is 0 Å². The van der Waals surface area contributed by atoms with Crippen LogP contribution in [0.25, 0.3) is 0 Å². The highest BCUT2D eigenvalue weighted by molar-refractivity contribution is 7.80. The van der Waals surface area contributed by atoms with Crippen molar-refractivity contribution in [2.24, 2.45) is 0 Å². The van der Waals surface area contributed by atoms with Gasteiger partial charge in [0.2, 0.25) is 0 Å². The molecule has 0 unspecified atom stereocenters. The van der Waals surface area contributed by atoms with Gasteiger partial charge in [0.25, 0.3) is 0 Å². The van der Waals surface area contributed by atoms with Gasteiger partial charge in [-0.3, -0.25) is 0 Å². The van der Waals surface area contributed by atoms with E-state index in [0.29, 0.717) is 35.3 Å². The second kappa shape index (κ2) is 8.65. The largest absolute Gasteiger partial charge is 0.494 e. The minimum atomic E-state index is -0.434. The molecule has 1 aliphatic rings. The van der Waals surface area contributed by atoms with E-state index in [1.807, 2.05) is 31.2 Å². The maximum absolute atomic E-state index is 12.5. The number of benzene rings is 1. The van der Waals surface area contributed by atoms with Crippen molar-refractivity contribution < 1.29 is 19.0 Å². The lowest BCUT2D eigenvalue weighted by Crippen LogP contribution is -2.45. The van der Waals surface area contributed by atoms with Crippen LogP contribution in [0.4, 0.5) is 0 Å². The van der Waals surface area contributed by atoms with Crippen molar-refractivity contribution in [2.45, 2.75) is 19.9 Å². The molecule has 1 heterocycles. The quantitative estimate of drug-likeness (QED) is 0.443. The highest BCUT2D eigenvalue weighted by Crippen LogP contribution is 2.33. The highest BCUT2D eigenvalue weighted by Gasteiger charge is 2.32. The Morgan fingerprint density at radius 1 is 1.29 bits per heavy atom. The zero-order valence-corrected chi connectivity index (χ0v) is 14.9. The Hall–Kier alpha value is -2.12. The molecule has 2 rings (SSSR count). The van der Waals surface area contributed by atoms with Gasteiger partial charge in [0.15, 0.2) is 5.11 Å². The first-order valence-corrected chi connectivity index (χ1v) is 8.15. The molecule has 1 aliphatic heterocycles. The Labute approximate surface area is 147 Å². The molecule has 6 nitrogen and oxygen atoms in total. The SMILES string of the molecule is CCOc1ccccc1[C@@H]1NC(=S)NC(C)=C1C(=O)OCCOC. The summed E-state index contributed by atoms with van der Waals surface area (Å²) in [4.78, 5) is 12.5. The number of hydrogen-bond acceptors (Lipinski definition) is 5. The van der Waals surface area contributed by atoms with Gasteiger partial charge in [-0.05, 0) is 32.1 Å². The van der Waals surface area contributed by atoms with Gasteiger partial charge in [0.1, 0.15) is 12.4 Å². The third kappa shape index (κ3) is 4.24. The normalized spacial score (nSPS) is 17.1. The molecular weight excluding hydrogens is 328 g/mol. The van der Waals surface area contributed by atoms with E-state index >= 15 is 0 Å². The van der Waals surface area contributed by atoms with Crippen molar-refractivity contribution in [3.05, 3.63) is 41.1 Å². The Balaban J connectivity index is 2.36. The predicted molar refractivity (Wildman–Crippen MR) is 94.8 cm³/mol. The molecule has 0 bridgehead atoms. The summed E-state index contributed by atoms with van der Waals surface area (Å²) >= 11 is 5.24. The molecule has 0 aliphatic carbocycles. The molecule has 0 amide bonds. The molecule has 0 fully saturated rings. The molecule has 0 radical (unpaired) electrons. The molecule has 1 aromatic rings. The number of methoxy groups -OCH3 is 1. The smallest absolute Gasteiger partial charge is 0.338 e. The van der Waals surface area contributed by atoms with E-state index < -0.39 is 12.0 Å². The Morgan fingerprint density at radius 3 is 2.75 bits per heavy atom. The van der Waals surface area contributed by atoms with Gasteiger partial charge >= 0.3 is 5.97 Å². The fourth-order valence-corrected chi connectivity index (χ4v) is 2.77. The molecular formula is C17H22N2O4S. The first-order chi connectivity index (χ1) is 11.6. The van der Waals surface area contributed by atoms with Gasteiger partial charge in [-0.15, -0.1) is 0 Å². The van der Waals surface area contributed by atoms with Crippen LogP contribution in [-0.4, -0.2) is 38.0 Å². The molecule has 24 heavy (non-hydrogen) atoms. The Bertz CT molecular complexity index is 645. The van der Waals surface area contributed by atoms with E-state index in [9.17, 15) is 4.79 Å². The number of nitrogens with one attached hydrogen (secondary N) is 2. The maximum atomic E-state index is 12.5. The van der Waals surface area contributed by atoms with Crippen LogP contribution in [0.5, 0.6) is 5.75 Å². The average molecular weight is 350 g/mol. The summed E-state index contributed by atoms with van der Waals surface area (Å²) in [6.07, 6.45) is 0. The van der Waals surface area contributed by atoms with E-state index in [4.69, 9.17) is 26.4 Å². The Morgan fingerprint density at radius 2 is 2.04 bits per heavy atom. The standard InChI is InChI=1S/C17H22N2O4S/c1-4-22-13-8-6-5-7-12(13)15-14(11(2)18-17(24)19-15)16(20)23-10-9-21-3/h5-8,15H,4,9-10H2,1-3H3,(H2,18,19,24)/t15-/m0/s1. The summed E-state index contributed by atoms with van der Waals surface area (Å²) in [5, 5.41) is 6.57. The first kappa shape index (κ1) is 18.2. The molecule has 0 saturated heterocycles. The number of hydrogen-bond donors (Lipinski definition) is 2. The third-order valence-corrected chi connectivity index (χ3v) is 3.76. The van der Waals surface area contributed by atoms with E-state index in [-0.39, 0.29) is 6.61 Å². The van der Waals surface area contributed by atoms with Crippen LogP contribution in [0.1, 0.15) is 25.5 Å². The van der Waals surface area contributed by atoms with Crippen LogP contribution >= 0.6 is 12.2 Å². The minimum Gasteiger partial charge on any atom is -0.494 e. The van der Waals surface area contributed by atoms with E-state index in [2.05, 4.69) is 10.6 Å². The summed E-state index contributed by atoms with van der Waals surface area (Å²) in [5.41, 5.74) is 1.98. The number of para-hydroxylation sites is 1. The molecule has 7 heteroatoms. The monoisotopic (exact) mass is 350 g/mol. The fourth-order valence-electron chi connectivity index (χ4n) is 2.50. The van der Waals surface area contributed by atoms with Crippen molar-refractivity contribution >= 4 is 23.3 Å². The summed E-state index contributed by atoms with van der Waals surface area (Å²) in [6.45, 7) is 4.78. The van der Waals surface area contributed by atoms with Gasteiger partial charge in [0.05, 0.1) is 24.8 Å². The van der Waals surface area contributed by atoms with Crippen LogP contribution in [0, 0.1) is 0 Å². The van der Waals surface area contributed by atoms with E-state index in [1.165, 1.54) is 0 Å². The number of ether oxygens (including phenoxy) is 3. The summed E-state index contributed by atoms with van der Waals surface area (Å²) in [5.74, 6) is 0.292. The van der Waals surface area contributed by atoms with Crippen LogP contribution < -0.4 is 15.4 Å². The fraction of sp³-hybridized carbons (Fsp3) is 0.412. The van der Waals surface area contributed by atoms with Crippen LogP contribution in [0.15, 0.2) is 35.5 Å². The van der Waals surface area contributed by atoms with Crippen LogP contribution in [-0.2, 0) is 14.3 Å². The average Bonchev–Trinajstić information content (AvgIpc) is 2.55. The van der Waals surface area contributed by atoms with E-state index in [1.54, 1.807) is 14.0 Å². The lowest BCUT2D eigenvalue weighted by atomic mass is 9.95. The Kier molecular flexibility index (Phi) is 6.57. The maximum Gasteiger partial charge on any atom is 0.338 e. The second-order valence-corrected chi connectivity index (χ2v) is 5.58. The van der Waals surface area contributed by atoms with Gasteiger partial charge in [-0.25, -0.2) is 4.79 Å². The van der Waals surface area contributed by atoms with Gasteiger partial charge in [-0.1, -0.05) is 18.2 Å². The molecule has 0 saturated carbocycles. The van der Waals surface area contributed by atoms with E-state index in [0.717, 1.165) is 5.56 Å². The highest BCUT2D eigenvalue weighted by atomic mass is 32.1. The summed E-state index contributed by atoms with van der Waals surface area (Å²) in [6, 6.07) is 7.13. The third-order valence-electron chi connectivity index (χ3n) is 3.54. The van der Waals surface area contributed by atoms with Gasteiger partial charge in [-0.2, -0.15) is 0 Å². The molecule has 2 N–H and O–H groups in total. The topological polar surface area (TPSA) is 68.8 Å². The molecule has 1 atom stereocenters. The molecule has 0 aromatic heterocycles. The predicted octanol–water partition coefficient (Wildman–Crippen LogP) is 2.07. The lowest BCUT2D eigenvalue weighted by Gasteiger charge is -2.30. The number of allylic oxidation sites excluding steroid dienone is 1. The molecule has 0 spiro atoms. The lowest BCUT2D eigenvalue weighted by molar-refractivity contribution is -0.140. The summed E-state index contributed by atoms with van der Waals surface area (Å²) < 4.78 is 15.9. The summed E-state index contributed by atoms with van der Waals surface area (Å²) in [7, 11) is 1.56. The molecule has 130 valence electrons. The second-order valence-electron chi connectivity index (χ2n) is 5.17. The zero-order chi connectivity index (χ0) is 17.5. The van der Waals surface area contributed by atoms with Crippen LogP contribution in [0.2, 0.25) is 0 Å². The number of carbonyl (C=O) groups is 1.